The van der Waals surface area contributed by atoms with Crippen LogP contribution >= 0.6 is 0 Å². The number of rotatable bonds is 1. The molecule has 2 bridgehead atoms. The Balaban J connectivity index is 2.28. The predicted molar refractivity (Wildman–Crippen MR) is 51.8 cm³/mol. The summed E-state index contributed by atoms with van der Waals surface area (Å²) in [7, 11) is 0. The lowest BCUT2D eigenvalue weighted by atomic mass is 9.85. The van der Waals surface area contributed by atoms with Crippen molar-refractivity contribution in [2.24, 2.45) is 0 Å². The summed E-state index contributed by atoms with van der Waals surface area (Å²) in [5, 5.41) is 0. The summed E-state index contributed by atoms with van der Waals surface area (Å²) in [5.41, 5.74) is 1.37. The third-order valence-corrected chi connectivity index (χ3v) is 3.01. The maximum atomic E-state index is 11.6. The molecule has 0 fully saturated rings. The molecule has 1 aromatic carbocycles. The number of carbonyl (C=O) groups excluding carboxylic acids is 1. The van der Waals surface area contributed by atoms with Crippen LogP contribution in [0.25, 0.3) is 0 Å². The van der Waals surface area contributed by atoms with Crippen molar-refractivity contribution in [3.05, 3.63) is 47.5 Å². The maximum absolute atomic E-state index is 11.6. The van der Waals surface area contributed by atoms with Crippen molar-refractivity contribution in [2.75, 3.05) is 0 Å². The molecule has 0 aliphatic carbocycles. The smallest absolute Gasteiger partial charge is 0.171 e. The van der Waals surface area contributed by atoms with E-state index in [0.717, 1.165) is 11.1 Å². The zero-order valence-corrected chi connectivity index (χ0v) is 7.86. The quantitative estimate of drug-likeness (QED) is 0.628. The minimum atomic E-state index is -0.777. The fourth-order valence-corrected chi connectivity index (χ4v) is 2.30. The second-order valence-corrected chi connectivity index (χ2v) is 3.78. The minimum Gasteiger partial charge on any atom is -0.346 e. The van der Waals surface area contributed by atoms with Gasteiger partial charge in [0.05, 0.1) is 0 Å². The van der Waals surface area contributed by atoms with Crippen molar-refractivity contribution < 1.29 is 9.53 Å². The van der Waals surface area contributed by atoms with Crippen LogP contribution in [0.1, 0.15) is 24.2 Å². The van der Waals surface area contributed by atoms with Crippen LogP contribution in [0.15, 0.2) is 36.4 Å². The molecule has 2 aliphatic rings. The molecule has 2 aliphatic heterocycles. The highest BCUT2D eigenvalue weighted by Crippen LogP contribution is 2.50. The van der Waals surface area contributed by atoms with Gasteiger partial charge in [-0.25, -0.2) is 0 Å². The number of ketones is 1. The average Bonchev–Trinajstić information content (AvgIpc) is 2.75. The average molecular weight is 186 g/mol. The minimum absolute atomic E-state index is 0.0184. The summed E-state index contributed by atoms with van der Waals surface area (Å²) in [6.45, 7) is 1.58. The SMILES string of the molecule is CC(=O)C12C=CC(O1)c1ccccc12. The van der Waals surface area contributed by atoms with Gasteiger partial charge in [-0.05, 0) is 18.6 Å². The molecule has 0 aromatic heterocycles. The molecule has 0 amide bonds. The van der Waals surface area contributed by atoms with Crippen LogP contribution < -0.4 is 0 Å². The van der Waals surface area contributed by atoms with Gasteiger partial charge < -0.3 is 4.74 Å². The van der Waals surface area contributed by atoms with Crippen LogP contribution in [-0.2, 0) is 15.1 Å². The van der Waals surface area contributed by atoms with Gasteiger partial charge in [-0.2, -0.15) is 0 Å². The molecule has 70 valence electrons. The van der Waals surface area contributed by atoms with E-state index in [2.05, 4.69) is 0 Å². The van der Waals surface area contributed by atoms with Crippen molar-refractivity contribution >= 4 is 5.78 Å². The highest BCUT2D eigenvalue weighted by molar-refractivity contribution is 5.91. The van der Waals surface area contributed by atoms with Crippen LogP contribution in [0, 0.1) is 0 Å². The van der Waals surface area contributed by atoms with Gasteiger partial charge in [0.25, 0.3) is 0 Å². The lowest BCUT2D eigenvalue weighted by Gasteiger charge is -2.20. The number of hydrogen-bond acceptors (Lipinski definition) is 2. The first-order valence-corrected chi connectivity index (χ1v) is 4.72. The van der Waals surface area contributed by atoms with Gasteiger partial charge in [0.2, 0.25) is 0 Å². The van der Waals surface area contributed by atoms with E-state index in [-0.39, 0.29) is 11.9 Å². The largest absolute Gasteiger partial charge is 0.346 e. The molecule has 3 rings (SSSR count). The Morgan fingerprint density at radius 1 is 1.43 bits per heavy atom. The van der Waals surface area contributed by atoms with Gasteiger partial charge in [-0.3, -0.25) is 4.79 Å². The second-order valence-electron chi connectivity index (χ2n) is 3.78. The number of benzene rings is 1. The van der Waals surface area contributed by atoms with Gasteiger partial charge in [0, 0.05) is 5.56 Å². The molecule has 0 radical (unpaired) electrons. The normalized spacial score (nSPS) is 31.9. The number of carbonyl (C=O) groups is 1. The maximum Gasteiger partial charge on any atom is 0.171 e. The third-order valence-electron chi connectivity index (χ3n) is 3.01. The highest BCUT2D eigenvalue weighted by Gasteiger charge is 2.49. The third kappa shape index (κ3) is 0.727. The van der Waals surface area contributed by atoms with E-state index in [4.69, 9.17) is 4.74 Å². The molecular formula is C12H10O2. The number of Topliss-reactive ketones (excluding diaryl/α,β-unsaturated/α-hetero) is 1. The van der Waals surface area contributed by atoms with Crippen molar-refractivity contribution in [1.82, 2.24) is 0 Å². The Labute approximate surface area is 82.2 Å². The monoisotopic (exact) mass is 186 g/mol. The molecule has 2 unspecified atom stereocenters. The van der Waals surface area contributed by atoms with Crippen molar-refractivity contribution in [3.63, 3.8) is 0 Å². The number of ether oxygens (including phenoxy) is 1. The molecule has 2 heteroatoms. The standard InChI is InChI=1S/C12H10O2/c1-8(13)12-7-6-11(14-12)9-4-2-3-5-10(9)12/h2-7,11H,1H3. The van der Waals surface area contributed by atoms with Crippen LogP contribution in [0.3, 0.4) is 0 Å². The van der Waals surface area contributed by atoms with E-state index < -0.39 is 5.60 Å². The predicted octanol–water partition coefficient (Wildman–Crippen LogP) is 2.11. The fraction of sp³-hybridized carbons (Fsp3) is 0.250. The Morgan fingerprint density at radius 3 is 3.00 bits per heavy atom. The van der Waals surface area contributed by atoms with E-state index >= 15 is 0 Å². The van der Waals surface area contributed by atoms with Crippen LogP contribution in [-0.4, -0.2) is 5.78 Å². The number of fused-ring (bicyclic) bond motifs is 5. The summed E-state index contributed by atoms with van der Waals surface area (Å²) in [6, 6.07) is 7.92. The zero-order chi connectivity index (χ0) is 9.76. The summed E-state index contributed by atoms with van der Waals surface area (Å²) in [4.78, 5) is 11.6. The molecule has 0 N–H and O–H groups in total. The lowest BCUT2D eigenvalue weighted by molar-refractivity contribution is -0.135. The molecule has 0 saturated carbocycles. The van der Waals surface area contributed by atoms with E-state index in [1.165, 1.54) is 0 Å². The molecular weight excluding hydrogens is 176 g/mol. The second kappa shape index (κ2) is 2.34. The van der Waals surface area contributed by atoms with E-state index in [1.807, 2.05) is 36.4 Å². The topological polar surface area (TPSA) is 26.3 Å². The first-order valence-electron chi connectivity index (χ1n) is 4.72. The molecule has 0 saturated heterocycles. The Kier molecular flexibility index (Phi) is 1.33. The summed E-state index contributed by atoms with van der Waals surface area (Å²) in [6.07, 6.45) is 3.82. The van der Waals surface area contributed by atoms with Gasteiger partial charge >= 0.3 is 0 Å². The molecule has 2 heterocycles. The van der Waals surface area contributed by atoms with Crippen molar-refractivity contribution in [2.45, 2.75) is 18.6 Å². The fourth-order valence-electron chi connectivity index (χ4n) is 2.30. The molecule has 2 nitrogen and oxygen atoms in total. The van der Waals surface area contributed by atoms with Gasteiger partial charge in [-0.15, -0.1) is 0 Å². The van der Waals surface area contributed by atoms with Crippen molar-refractivity contribution in [1.29, 1.82) is 0 Å². The molecule has 2 atom stereocenters. The Morgan fingerprint density at radius 2 is 2.21 bits per heavy atom. The summed E-state index contributed by atoms with van der Waals surface area (Å²) < 4.78 is 5.73. The highest BCUT2D eigenvalue weighted by atomic mass is 16.5. The first-order chi connectivity index (χ1) is 6.74. The van der Waals surface area contributed by atoms with Crippen LogP contribution in [0.2, 0.25) is 0 Å². The van der Waals surface area contributed by atoms with Gasteiger partial charge in [-0.1, -0.05) is 30.3 Å². The van der Waals surface area contributed by atoms with Crippen molar-refractivity contribution in [3.8, 4) is 0 Å². The van der Waals surface area contributed by atoms with Crippen LogP contribution in [0.4, 0.5) is 0 Å². The first kappa shape index (κ1) is 7.94. The van der Waals surface area contributed by atoms with Gasteiger partial charge in [0.1, 0.15) is 6.10 Å². The van der Waals surface area contributed by atoms with E-state index in [1.54, 1.807) is 6.92 Å². The number of hydrogen-bond donors (Lipinski definition) is 0. The molecule has 1 aromatic rings. The Hall–Kier alpha value is -1.41. The Bertz CT molecular complexity index is 447. The molecule has 14 heavy (non-hydrogen) atoms. The van der Waals surface area contributed by atoms with Gasteiger partial charge in [0.15, 0.2) is 11.4 Å². The van der Waals surface area contributed by atoms with E-state index in [9.17, 15) is 4.79 Å². The zero-order valence-electron chi connectivity index (χ0n) is 7.86. The lowest BCUT2D eigenvalue weighted by Crippen LogP contribution is -2.29. The van der Waals surface area contributed by atoms with E-state index in [0.29, 0.717) is 0 Å². The summed E-state index contributed by atoms with van der Waals surface area (Å²) >= 11 is 0. The molecule has 0 spiro atoms. The summed E-state index contributed by atoms with van der Waals surface area (Å²) in [5.74, 6) is 0.0567. The van der Waals surface area contributed by atoms with Crippen LogP contribution in [0.5, 0.6) is 0 Å².